The van der Waals surface area contributed by atoms with Crippen molar-refractivity contribution in [2.75, 3.05) is 26.6 Å². The van der Waals surface area contributed by atoms with Gasteiger partial charge in [-0.15, -0.1) is 0 Å². The Morgan fingerprint density at radius 3 is 2.00 bits per heavy atom. The van der Waals surface area contributed by atoms with Crippen molar-refractivity contribution < 1.29 is 22.7 Å². The summed E-state index contributed by atoms with van der Waals surface area (Å²) in [4.78, 5) is 0. The van der Waals surface area contributed by atoms with Gasteiger partial charge in [-0.05, 0) is 42.0 Å². The number of ether oxygens (including phenoxy) is 1. The summed E-state index contributed by atoms with van der Waals surface area (Å²) in [6, 6.07) is 12.8. The Bertz CT molecular complexity index is 667. The molecule has 0 fully saturated rings. The monoisotopic (exact) mass is 339 g/mol. The third-order valence-electron chi connectivity index (χ3n) is 3.40. The minimum absolute atomic E-state index is 0.349. The van der Waals surface area contributed by atoms with Crippen LogP contribution < -0.4 is 10.1 Å². The van der Waals surface area contributed by atoms with E-state index >= 15 is 0 Å². The predicted molar refractivity (Wildman–Crippen MR) is 87.4 cm³/mol. The zero-order valence-electron chi connectivity index (χ0n) is 13.2. The topological polar surface area (TPSA) is 56.8 Å². The van der Waals surface area contributed by atoms with Gasteiger partial charge in [0.25, 0.3) is 0 Å². The zero-order valence-corrected chi connectivity index (χ0v) is 14.0. The van der Waals surface area contributed by atoms with Crippen LogP contribution in [0.5, 0.6) is 5.75 Å². The van der Waals surface area contributed by atoms with E-state index in [4.69, 9.17) is 13.8 Å². The fourth-order valence-electron chi connectivity index (χ4n) is 2.12. The van der Waals surface area contributed by atoms with Crippen LogP contribution in [0.3, 0.4) is 0 Å². The molecular weight excluding hydrogens is 320 g/mol. The molecule has 23 heavy (non-hydrogen) atoms. The highest BCUT2D eigenvalue weighted by atomic mass is 31.2. The van der Waals surface area contributed by atoms with Crippen LogP contribution in [0, 0.1) is 5.82 Å². The maximum atomic E-state index is 13.1. The average Bonchev–Trinajstić information content (AvgIpc) is 2.60. The first-order valence-electron chi connectivity index (χ1n) is 6.89. The SMILES string of the molecule is COc1ccc(C(Nc2ccc(F)cc2)P(=O)(OC)OC)cc1. The highest BCUT2D eigenvalue weighted by Gasteiger charge is 2.35. The molecular formula is C16H19FNO4P. The first kappa shape index (κ1) is 17.5. The molecule has 2 aromatic rings. The maximum absolute atomic E-state index is 13.1. The number of nitrogens with one attached hydrogen (secondary N) is 1. The van der Waals surface area contributed by atoms with E-state index < -0.39 is 13.4 Å². The van der Waals surface area contributed by atoms with Crippen molar-refractivity contribution >= 4 is 13.3 Å². The van der Waals surface area contributed by atoms with E-state index in [1.807, 2.05) is 0 Å². The first-order valence-corrected chi connectivity index (χ1v) is 8.51. The lowest BCUT2D eigenvalue weighted by Crippen LogP contribution is -2.13. The van der Waals surface area contributed by atoms with Gasteiger partial charge >= 0.3 is 7.60 Å². The minimum atomic E-state index is -3.46. The van der Waals surface area contributed by atoms with Crippen LogP contribution in [0.4, 0.5) is 10.1 Å². The number of methoxy groups -OCH3 is 1. The van der Waals surface area contributed by atoms with E-state index in [0.717, 1.165) is 0 Å². The summed E-state index contributed by atoms with van der Waals surface area (Å²) in [6.07, 6.45) is 0. The summed E-state index contributed by atoms with van der Waals surface area (Å²) in [7, 11) is 0.761. The number of anilines is 1. The molecule has 1 N–H and O–H groups in total. The lowest BCUT2D eigenvalue weighted by molar-refractivity contribution is 0.268. The van der Waals surface area contributed by atoms with Gasteiger partial charge in [-0.1, -0.05) is 12.1 Å². The average molecular weight is 339 g/mol. The molecule has 5 nitrogen and oxygen atoms in total. The van der Waals surface area contributed by atoms with Gasteiger partial charge in [-0.25, -0.2) is 4.39 Å². The van der Waals surface area contributed by atoms with Gasteiger partial charge in [-0.2, -0.15) is 0 Å². The molecule has 0 aromatic heterocycles. The lowest BCUT2D eigenvalue weighted by Gasteiger charge is -2.26. The number of hydrogen-bond acceptors (Lipinski definition) is 5. The number of hydrogen-bond donors (Lipinski definition) is 1. The van der Waals surface area contributed by atoms with Crippen molar-refractivity contribution in [3.05, 3.63) is 59.9 Å². The highest BCUT2D eigenvalue weighted by Crippen LogP contribution is 2.59. The largest absolute Gasteiger partial charge is 0.497 e. The van der Waals surface area contributed by atoms with E-state index in [1.54, 1.807) is 43.5 Å². The summed E-state index contributed by atoms with van der Waals surface area (Å²) in [6.45, 7) is 0. The van der Waals surface area contributed by atoms with E-state index in [-0.39, 0.29) is 5.82 Å². The molecule has 1 unspecified atom stereocenters. The van der Waals surface area contributed by atoms with Crippen molar-refractivity contribution in [2.45, 2.75) is 5.78 Å². The third kappa shape index (κ3) is 4.10. The highest BCUT2D eigenvalue weighted by molar-refractivity contribution is 7.54. The Labute approximate surface area is 134 Å². The fraction of sp³-hybridized carbons (Fsp3) is 0.250. The summed E-state index contributed by atoms with van der Waals surface area (Å²) in [5, 5.41) is 3.08. The van der Waals surface area contributed by atoms with Crippen LogP contribution in [0.1, 0.15) is 11.3 Å². The molecule has 0 bridgehead atoms. The molecule has 2 rings (SSSR count). The summed E-state index contributed by atoms with van der Waals surface area (Å²) in [5.41, 5.74) is 1.30. The maximum Gasteiger partial charge on any atom is 0.356 e. The molecule has 0 aliphatic rings. The standard InChI is InChI=1S/C16H19FNO4P/c1-20-15-10-4-12(5-11-15)16(23(19,21-2)22-3)18-14-8-6-13(17)7-9-14/h4-11,16,18H,1-3H3. The molecule has 0 aliphatic heterocycles. The van der Waals surface area contributed by atoms with E-state index in [2.05, 4.69) is 5.32 Å². The Morgan fingerprint density at radius 2 is 1.52 bits per heavy atom. The van der Waals surface area contributed by atoms with Gasteiger partial charge in [0.05, 0.1) is 7.11 Å². The molecule has 1 atom stereocenters. The molecule has 0 spiro atoms. The van der Waals surface area contributed by atoms with Crippen molar-refractivity contribution in [2.24, 2.45) is 0 Å². The van der Waals surface area contributed by atoms with Crippen LogP contribution in [0.15, 0.2) is 48.5 Å². The van der Waals surface area contributed by atoms with Gasteiger partial charge in [0.15, 0.2) is 5.78 Å². The molecule has 0 aliphatic carbocycles. The zero-order chi connectivity index (χ0) is 16.9. The van der Waals surface area contributed by atoms with Crippen LogP contribution in [-0.4, -0.2) is 21.3 Å². The molecule has 0 heterocycles. The Hall–Kier alpha value is -1.88. The molecule has 0 saturated carbocycles. The van der Waals surface area contributed by atoms with E-state index in [1.165, 1.54) is 26.4 Å². The van der Waals surface area contributed by atoms with Gasteiger partial charge in [-0.3, -0.25) is 4.57 Å². The van der Waals surface area contributed by atoms with Crippen LogP contribution in [0.2, 0.25) is 0 Å². The fourth-order valence-corrected chi connectivity index (χ4v) is 3.54. The number of benzene rings is 2. The Balaban J connectivity index is 2.38. The molecule has 0 amide bonds. The van der Waals surface area contributed by atoms with Crippen molar-refractivity contribution in [3.8, 4) is 5.75 Å². The second kappa shape index (κ2) is 7.59. The van der Waals surface area contributed by atoms with E-state index in [0.29, 0.717) is 17.0 Å². The smallest absolute Gasteiger partial charge is 0.356 e. The number of rotatable bonds is 7. The Kier molecular flexibility index (Phi) is 5.77. The Morgan fingerprint density at radius 1 is 0.957 bits per heavy atom. The summed E-state index contributed by atoms with van der Waals surface area (Å²) >= 11 is 0. The van der Waals surface area contributed by atoms with Crippen LogP contribution in [-0.2, 0) is 13.6 Å². The van der Waals surface area contributed by atoms with Gasteiger partial charge in [0.2, 0.25) is 0 Å². The molecule has 2 aromatic carbocycles. The van der Waals surface area contributed by atoms with Gasteiger partial charge in [0, 0.05) is 19.9 Å². The van der Waals surface area contributed by atoms with Gasteiger partial charge < -0.3 is 19.1 Å². The summed E-state index contributed by atoms with van der Waals surface area (Å²) in [5.74, 6) is -0.411. The van der Waals surface area contributed by atoms with Crippen molar-refractivity contribution in [1.29, 1.82) is 0 Å². The molecule has 0 saturated heterocycles. The molecule has 124 valence electrons. The van der Waals surface area contributed by atoms with Crippen molar-refractivity contribution in [3.63, 3.8) is 0 Å². The second-order valence-corrected chi connectivity index (χ2v) is 7.06. The predicted octanol–water partition coefficient (Wildman–Crippen LogP) is 4.43. The van der Waals surface area contributed by atoms with Crippen LogP contribution >= 0.6 is 7.60 Å². The minimum Gasteiger partial charge on any atom is -0.497 e. The molecule has 0 radical (unpaired) electrons. The third-order valence-corrected chi connectivity index (χ3v) is 5.48. The van der Waals surface area contributed by atoms with Crippen LogP contribution in [0.25, 0.3) is 0 Å². The molecule has 7 heteroatoms. The second-order valence-electron chi connectivity index (χ2n) is 4.73. The summed E-state index contributed by atoms with van der Waals surface area (Å²) < 4.78 is 41.3. The van der Waals surface area contributed by atoms with Gasteiger partial charge in [0.1, 0.15) is 11.6 Å². The lowest BCUT2D eigenvalue weighted by atomic mass is 10.2. The van der Waals surface area contributed by atoms with E-state index in [9.17, 15) is 8.96 Å². The first-order chi connectivity index (χ1) is 11.0. The number of halogens is 1. The normalized spacial score (nSPS) is 12.7. The quantitative estimate of drug-likeness (QED) is 0.756. The van der Waals surface area contributed by atoms with Crippen molar-refractivity contribution in [1.82, 2.24) is 0 Å².